The van der Waals surface area contributed by atoms with E-state index in [0.29, 0.717) is 28.7 Å². The number of nitro benzene ring substituents is 2. The topological polar surface area (TPSA) is 145 Å². The molecule has 1 N–H and O–H groups in total. The number of hydrogen-bond acceptors (Lipinski definition) is 8. The summed E-state index contributed by atoms with van der Waals surface area (Å²) >= 11 is 0. The molecule has 10 nitrogen and oxygen atoms in total. The Morgan fingerprint density at radius 3 is 2.47 bits per heavy atom. The van der Waals surface area contributed by atoms with E-state index in [1.165, 1.54) is 0 Å². The molecule has 4 rings (SSSR count). The summed E-state index contributed by atoms with van der Waals surface area (Å²) in [6.07, 6.45) is 1.13. The van der Waals surface area contributed by atoms with Gasteiger partial charge < -0.3 is 9.52 Å². The average Bonchev–Trinajstić information content (AvgIpc) is 3.18. The number of aromatic nitrogens is 1. The van der Waals surface area contributed by atoms with Gasteiger partial charge in [-0.15, -0.1) is 0 Å². The summed E-state index contributed by atoms with van der Waals surface area (Å²) in [4.78, 5) is 29.2. The van der Waals surface area contributed by atoms with E-state index in [-0.39, 0.29) is 5.56 Å². The Labute approximate surface area is 180 Å². The number of oxazole rings is 1. The van der Waals surface area contributed by atoms with Crippen molar-refractivity contribution in [1.29, 1.82) is 0 Å². The molecule has 4 aromatic rings. The molecule has 0 aliphatic heterocycles. The van der Waals surface area contributed by atoms with E-state index in [9.17, 15) is 25.3 Å². The van der Waals surface area contributed by atoms with Gasteiger partial charge in [0.2, 0.25) is 11.6 Å². The van der Waals surface area contributed by atoms with E-state index in [0.717, 1.165) is 29.0 Å². The summed E-state index contributed by atoms with van der Waals surface area (Å²) in [5.74, 6) is -0.250. The molecule has 1 heterocycles. The van der Waals surface area contributed by atoms with Gasteiger partial charge in [-0.2, -0.15) is 0 Å². The summed E-state index contributed by atoms with van der Waals surface area (Å²) in [7, 11) is 0. The third-order valence-corrected chi connectivity index (χ3v) is 4.99. The highest BCUT2D eigenvalue weighted by Crippen LogP contribution is 2.34. The Balaban J connectivity index is 1.70. The standard InChI is InChI=1S/C22H16N4O6/c1-12-3-4-14(7-13(12)2)22-24-18-9-16(5-6-20(18)32-22)23-11-15-8-17(25(28)29)10-19(21(15)27)26(30)31/h3-11,27H,1-2H3. The van der Waals surface area contributed by atoms with Crippen LogP contribution in [-0.2, 0) is 0 Å². The summed E-state index contributed by atoms with van der Waals surface area (Å²) in [5.41, 5.74) is 3.17. The van der Waals surface area contributed by atoms with Crippen LogP contribution in [-0.4, -0.2) is 26.2 Å². The first kappa shape index (κ1) is 20.7. The second-order valence-corrected chi connectivity index (χ2v) is 7.15. The maximum absolute atomic E-state index is 11.1. The van der Waals surface area contributed by atoms with Gasteiger partial charge in [0.25, 0.3) is 5.69 Å². The van der Waals surface area contributed by atoms with Crippen LogP contribution in [0.1, 0.15) is 16.7 Å². The minimum absolute atomic E-state index is 0.151. The maximum atomic E-state index is 11.1. The minimum Gasteiger partial charge on any atom is -0.502 e. The van der Waals surface area contributed by atoms with Crippen LogP contribution >= 0.6 is 0 Å². The molecule has 0 atom stereocenters. The first-order valence-electron chi connectivity index (χ1n) is 9.41. The highest BCUT2D eigenvalue weighted by molar-refractivity contribution is 5.89. The number of nitro groups is 2. The number of aryl methyl sites for hydroxylation is 2. The first-order chi connectivity index (χ1) is 15.2. The zero-order valence-corrected chi connectivity index (χ0v) is 17.0. The Morgan fingerprint density at radius 2 is 1.78 bits per heavy atom. The molecular formula is C22H16N4O6. The van der Waals surface area contributed by atoms with Crippen molar-refractivity contribution in [2.24, 2.45) is 4.99 Å². The average molecular weight is 432 g/mol. The third kappa shape index (κ3) is 3.88. The maximum Gasteiger partial charge on any atom is 0.318 e. The van der Waals surface area contributed by atoms with E-state index < -0.39 is 27.0 Å². The van der Waals surface area contributed by atoms with Crippen molar-refractivity contribution >= 4 is 34.4 Å². The number of aromatic hydroxyl groups is 1. The van der Waals surface area contributed by atoms with Crippen molar-refractivity contribution in [1.82, 2.24) is 4.98 Å². The normalized spacial score (nSPS) is 11.3. The molecule has 0 amide bonds. The van der Waals surface area contributed by atoms with Crippen molar-refractivity contribution in [3.05, 3.63) is 85.4 Å². The Kier molecular flexibility index (Phi) is 5.11. The number of hydrogen-bond donors (Lipinski definition) is 1. The van der Waals surface area contributed by atoms with Gasteiger partial charge >= 0.3 is 5.69 Å². The quantitative estimate of drug-likeness (QED) is 0.253. The van der Waals surface area contributed by atoms with Crippen LogP contribution in [0.2, 0.25) is 0 Å². The number of non-ortho nitro benzene ring substituents is 1. The lowest BCUT2D eigenvalue weighted by Crippen LogP contribution is -1.96. The lowest BCUT2D eigenvalue weighted by atomic mass is 10.1. The zero-order valence-electron chi connectivity index (χ0n) is 17.0. The summed E-state index contributed by atoms with van der Waals surface area (Å²) in [5, 5.41) is 32.2. The number of fused-ring (bicyclic) bond motifs is 1. The first-order valence-corrected chi connectivity index (χ1v) is 9.41. The molecule has 32 heavy (non-hydrogen) atoms. The summed E-state index contributed by atoms with van der Waals surface area (Å²) < 4.78 is 5.82. The van der Waals surface area contributed by atoms with Gasteiger partial charge in [-0.25, -0.2) is 4.98 Å². The SMILES string of the molecule is Cc1ccc(-c2nc3cc(N=Cc4cc([N+](=O)[O-])cc([N+](=O)[O-])c4O)ccc3o2)cc1C. The van der Waals surface area contributed by atoms with Gasteiger partial charge in [0.1, 0.15) is 5.52 Å². The molecule has 0 saturated heterocycles. The lowest BCUT2D eigenvalue weighted by molar-refractivity contribution is -0.394. The van der Waals surface area contributed by atoms with Crippen LogP contribution in [0.4, 0.5) is 17.1 Å². The summed E-state index contributed by atoms with van der Waals surface area (Å²) in [6.45, 7) is 4.02. The fourth-order valence-electron chi connectivity index (χ4n) is 3.11. The number of rotatable bonds is 5. The molecule has 0 bridgehead atoms. The van der Waals surface area contributed by atoms with Crippen molar-refractivity contribution in [2.45, 2.75) is 13.8 Å². The van der Waals surface area contributed by atoms with Gasteiger partial charge in [-0.3, -0.25) is 25.2 Å². The van der Waals surface area contributed by atoms with E-state index in [4.69, 9.17) is 4.42 Å². The molecule has 0 aliphatic carbocycles. The van der Waals surface area contributed by atoms with Crippen LogP contribution in [0, 0.1) is 34.1 Å². The predicted molar refractivity (Wildman–Crippen MR) is 118 cm³/mol. The second kappa shape index (κ2) is 7.91. The van der Waals surface area contributed by atoms with Crippen molar-refractivity contribution < 1.29 is 19.4 Å². The molecule has 0 fully saturated rings. The molecule has 0 unspecified atom stereocenters. The van der Waals surface area contributed by atoms with Gasteiger partial charge in [0.05, 0.1) is 21.6 Å². The van der Waals surface area contributed by atoms with Crippen molar-refractivity contribution in [3.63, 3.8) is 0 Å². The monoisotopic (exact) mass is 432 g/mol. The van der Waals surface area contributed by atoms with Gasteiger partial charge in [0.15, 0.2) is 5.58 Å². The molecule has 1 aromatic heterocycles. The Bertz CT molecular complexity index is 1420. The molecule has 160 valence electrons. The molecule has 0 saturated carbocycles. The van der Waals surface area contributed by atoms with Crippen LogP contribution in [0.25, 0.3) is 22.6 Å². The highest BCUT2D eigenvalue weighted by Gasteiger charge is 2.23. The number of phenols is 1. The van der Waals surface area contributed by atoms with Crippen molar-refractivity contribution in [3.8, 4) is 17.2 Å². The van der Waals surface area contributed by atoms with E-state index in [2.05, 4.69) is 9.98 Å². The van der Waals surface area contributed by atoms with Crippen LogP contribution in [0.3, 0.4) is 0 Å². The molecular weight excluding hydrogens is 416 g/mol. The smallest absolute Gasteiger partial charge is 0.318 e. The van der Waals surface area contributed by atoms with E-state index in [1.54, 1.807) is 18.2 Å². The number of aliphatic imine (C=N–C) groups is 1. The highest BCUT2D eigenvalue weighted by atomic mass is 16.6. The molecule has 3 aromatic carbocycles. The summed E-state index contributed by atoms with van der Waals surface area (Å²) in [6, 6.07) is 12.6. The zero-order chi connectivity index (χ0) is 23.0. The largest absolute Gasteiger partial charge is 0.502 e. The fourth-order valence-corrected chi connectivity index (χ4v) is 3.11. The Morgan fingerprint density at radius 1 is 1.00 bits per heavy atom. The molecule has 10 heteroatoms. The van der Waals surface area contributed by atoms with Crippen molar-refractivity contribution in [2.75, 3.05) is 0 Å². The molecule has 0 spiro atoms. The van der Waals surface area contributed by atoms with E-state index >= 15 is 0 Å². The number of nitrogens with zero attached hydrogens (tertiary/aromatic N) is 4. The van der Waals surface area contributed by atoms with Gasteiger partial charge in [-0.05, 0) is 55.3 Å². The molecule has 0 aliphatic rings. The second-order valence-electron chi connectivity index (χ2n) is 7.15. The number of benzene rings is 3. The predicted octanol–water partition coefficient (Wildman–Crippen LogP) is 5.38. The fraction of sp³-hybridized carbons (Fsp3) is 0.0909. The van der Waals surface area contributed by atoms with Crippen LogP contribution < -0.4 is 0 Å². The molecule has 0 radical (unpaired) electrons. The van der Waals surface area contributed by atoms with Crippen LogP contribution in [0.15, 0.2) is 57.9 Å². The Hall–Kier alpha value is -4.60. The van der Waals surface area contributed by atoms with Gasteiger partial charge in [0, 0.05) is 23.4 Å². The van der Waals surface area contributed by atoms with E-state index in [1.807, 2.05) is 32.0 Å². The van der Waals surface area contributed by atoms with Crippen LogP contribution in [0.5, 0.6) is 5.75 Å². The lowest BCUT2D eigenvalue weighted by Gasteiger charge is -2.01. The minimum atomic E-state index is -0.893. The number of phenolic OH excluding ortho intramolecular Hbond substituents is 1. The third-order valence-electron chi connectivity index (χ3n) is 4.99. The van der Waals surface area contributed by atoms with Gasteiger partial charge in [-0.1, -0.05) is 6.07 Å².